The molecular weight excluding hydrogens is 364 g/mol. The van der Waals surface area contributed by atoms with Gasteiger partial charge in [-0.15, -0.1) is 5.10 Å². The first-order valence-electron chi connectivity index (χ1n) is 8.34. The minimum absolute atomic E-state index is 0.107. The number of tetrazole rings is 1. The first-order chi connectivity index (χ1) is 13.5. The quantitative estimate of drug-likeness (QED) is 0.515. The standard InChI is InChI=1S/C16H16N10O2/c1-3-26-14(21-23-24-26)13-10(7-25(2)22-13)19-15(27)11-8-28-16(20-11)9-4-5-18-12(17)6-9/h4-8H,3H2,1-2H3,(H2,17,18)(H,19,27). The molecule has 0 spiro atoms. The Balaban J connectivity index is 1.60. The normalized spacial score (nSPS) is 10.9. The molecule has 0 saturated heterocycles. The van der Waals surface area contributed by atoms with E-state index in [1.165, 1.54) is 12.5 Å². The van der Waals surface area contributed by atoms with Gasteiger partial charge >= 0.3 is 0 Å². The third kappa shape index (κ3) is 3.18. The number of rotatable bonds is 5. The Hall–Kier alpha value is -4.09. The Kier molecular flexibility index (Phi) is 4.27. The lowest BCUT2D eigenvalue weighted by atomic mass is 10.2. The maximum absolute atomic E-state index is 12.6. The summed E-state index contributed by atoms with van der Waals surface area (Å²) in [6.45, 7) is 2.47. The molecule has 4 aromatic heterocycles. The lowest BCUT2D eigenvalue weighted by Gasteiger charge is -2.03. The lowest BCUT2D eigenvalue weighted by Crippen LogP contribution is -2.13. The summed E-state index contributed by atoms with van der Waals surface area (Å²) in [6.07, 6.45) is 4.47. The predicted molar refractivity (Wildman–Crippen MR) is 97.8 cm³/mol. The number of aryl methyl sites for hydroxylation is 2. The molecule has 4 aromatic rings. The number of amides is 1. The molecule has 0 atom stereocenters. The van der Waals surface area contributed by atoms with Crippen LogP contribution < -0.4 is 11.1 Å². The first kappa shape index (κ1) is 17.3. The minimum atomic E-state index is -0.457. The van der Waals surface area contributed by atoms with Gasteiger partial charge in [-0.2, -0.15) is 5.10 Å². The molecule has 0 unspecified atom stereocenters. The number of anilines is 2. The highest BCUT2D eigenvalue weighted by atomic mass is 16.3. The second-order valence-corrected chi connectivity index (χ2v) is 5.84. The van der Waals surface area contributed by atoms with Crippen molar-refractivity contribution in [3.8, 4) is 23.0 Å². The Morgan fingerprint density at radius 3 is 3.04 bits per heavy atom. The minimum Gasteiger partial charge on any atom is -0.444 e. The van der Waals surface area contributed by atoms with Gasteiger partial charge in [0.05, 0.1) is 5.69 Å². The summed E-state index contributed by atoms with van der Waals surface area (Å²) in [5.74, 6) is 0.587. The van der Waals surface area contributed by atoms with E-state index in [2.05, 4.69) is 35.9 Å². The van der Waals surface area contributed by atoms with Crippen LogP contribution in [0, 0.1) is 0 Å². The van der Waals surface area contributed by atoms with Crippen LogP contribution in [0.3, 0.4) is 0 Å². The molecule has 0 aliphatic heterocycles. The van der Waals surface area contributed by atoms with Crippen LogP contribution in [0.2, 0.25) is 0 Å². The molecule has 12 heteroatoms. The number of carbonyl (C=O) groups is 1. The van der Waals surface area contributed by atoms with Crippen LogP contribution in [0.1, 0.15) is 17.4 Å². The second kappa shape index (κ2) is 6.90. The number of pyridine rings is 1. The van der Waals surface area contributed by atoms with Crippen LogP contribution >= 0.6 is 0 Å². The predicted octanol–water partition coefficient (Wildman–Crippen LogP) is 0.978. The highest BCUT2D eigenvalue weighted by molar-refractivity contribution is 6.04. The lowest BCUT2D eigenvalue weighted by molar-refractivity contribution is 0.102. The van der Waals surface area contributed by atoms with Crippen LogP contribution in [0.5, 0.6) is 0 Å². The molecule has 0 fully saturated rings. The summed E-state index contributed by atoms with van der Waals surface area (Å²) < 4.78 is 8.54. The fourth-order valence-corrected chi connectivity index (χ4v) is 2.61. The zero-order valence-electron chi connectivity index (χ0n) is 15.1. The number of oxazole rings is 1. The highest BCUT2D eigenvalue weighted by Gasteiger charge is 2.21. The van der Waals surface area contributed by atoms with Crippen molar-refractivity contribution in [3.05, 3.63) is 36.5 Å². The molecular formula is C16H16N10O2. The number of hydrogen-bond donors (Lipinski definition) is 2. The molecule has 0 bridgehead atoms. The second-order valence-electron chi connectivity index (χ2n) is 5.84. The Morgan fingerprint density at radius 1 is 1.39 bits per heavy atom. The van der Waals surface area contributed by atoms with E-state index in [1.54, 1.807) is 34.7 Å². The maximum Gasteiger partial charge on any atom is 0.277 e. The van der Waals surface area contributed by atoms with Crippen molar-refractivity contribution in [2.24, 2.45) is 7.05 Å². The summed E-state index contributed by atoms with van der Waals surface area (Å²) >= 11 is 0. The summed E-state index contributed by atoms with van der Waals surface area (Å²) in [4.78, 5) is 20.8. The van der Waals surface area contributed by atoms with E-state index >= 15 is 0 Å². The van der Waals surface area contributed by atoms with E-state index in [0.29, 0.717) is 35.1 Å². The van der Waals surface area contributed by atoms with Gasteiger partial charge in [-0.05, 0) is 29.5 Å². The van der Waals surface area contributed by atoms with Crippen LogP contribution in [0.25, 0.3) is 23.0 Å². The fraction of sp³-hybridized carbons (Fsp3) is 0.188. The van der Waals surface area contributed by atoms with Gasteiger partial charge in [-0.3, -0.25) is 9.48 Å². The Morgan fingerprint density at radius 2 is 2.25 bits per heavy atom. The van der Waals surface area contributed by atoms with Crippen molar-refractivity contribution >= 4 is 17.4 Å². The van der Waals surface area contributed by atoms with Crippen LogP contribution in [-0.4, -0.2) is 45.9 Å². The van der Waals surface area contributed by atoms with Gasteiger partial charge in [0.15, 0.2) is 11.4 Å². The van der Waals surface area contributed by atoms with Crippen molar-refractivity contribution in [1.82, 2.24) is 40.0 Å². The number of nitrogens with one attached hydrogen (secondary N) is 1. The third-order valence-corrected chi connectivity index (χ3v) is 3.89. The number of aromatic nitrogens is 8. The van der Waals surface area contributed by atoms with E-state index in [4.69, 9.17) is 10.2 Å². The van der Waals surface area contributed by atoms with Gasteiger partial charge in [-0.25, -0.2) is 14.6 Å². The topological polar surface area (TPSA) is 155 Å². The van der Waals surface area contributed by atoms with Gasteiger partial charge in [0.2, 0.25) is 11.7 Å². The van der Waals surface area contributed by atoms with Gasteiger partial charge in [-0.1, -0.05) is 0 Å². The summed E-state index contributed by atoms with van der Waals surface area (Å²) in [5, 5.41) is 18.7. The maximum atomic E-state index is 12.6. The smallest absolute Gasteiger partial charge is 0.277 e. The summed E-state index contributed by atoms with van der Waals surface area (Å²) in [5.41, 5.74) is 7.30. The average molecular weight is 380 g/mol. The van der Waals surface area contributed by atoms with E-state index in [0.717, 1.165) is 0 Å². The van der Waals surface area contributed by atoms with Crippen molar-refractivity contribution in [3.63, 3.8) is 0 Å². The molecule has 0 radical (unpaired) electrons. The van der Waals surface area contributed by atoms with Gasteiger partial charge < -0.3 is 15.5 Å². The van der Waals surface area contributed by atoms with Crippen LogP contribution in [0.15, 0.2) is 35.2 Å². The molecule has 28 heavy (non-hydrogen) atoms. The monoisotopic (exact) mass is 380 g/mol. The molecule has 12 nitrogen and oxygen atoms in total. The van der Waals surface area contributed by atoms with Crippen molar-refractivity contribution in [1.29, 1.82) is 0 Å². The van der Waals surface area contributed by atoms with Crippen molar-refractivity contribution < 1.29 is 9.21 Å². The van der Waals surface area contributed by atoms with Gasteiger partial charge in [0, 0.05) is 31.5 Å². The molecule has 1 amide bonds. The summed E-state index contributed by atoms with van der Waals surface area (Å²) in [6, 6.07) is 3.30. The summed E-state index contributed by atoms with van der Waals surface area (Å²) in [7, 11) is 1.74. The largest absolute Gasteiger partial charge is 0.444 e. The molecule has 0 aliphatic rings. The number of nitrogens with zero attached hydrogens (tertiary/aromatic N) is 8. The van der Waals surface area contributed by atoms with Crippen molar-refractivity contribution in [2.45, 2.75) is 13.5 Å². The third-order valence-electron chi connectivity index (χ3n) is 3.89. The SMILES string of the molecule is CCn1nnnc1-c1nn(C)cc1NC(=O)c1coc(-c2ccnc(N)c2)n1. The Bertz CT molecular complexity index is 1140. The van der Waals surface area contributed by atoms with Crippen LogP contribution in [-0.2, 0) is 13.6 Å². The zero-order chi connectivity index (χ0) is 19.7. The molecule has 0 saturated carbocycles. The number of nitrogens with two attached hydrogens (primary N) is 1. The number of nitrogen functional groups attached to an aromatic ring is 1. The average Bonchev–Trinajstić information content (AvgIpc) is 3.40. The molecule has 4 rings (SSSR count). The van der Waals surface area contributed by atoms with Gasteiger partial charge in [0.1, 0.15) is 12.1 Å². The van der Waals surface area contributed by atoms with Crippen molar-refractivity contribution in [2.75, 3.05) is 11.1 Å². The van der Waals surface area contributed by atoms with E-state index in [1.807, 2.05) is 6.92 Å². The van der Waals surface area contributed by atoms with E-state index in [-0.39, 0.29) is 11.6 Å². The first-order valence-corrected chi connectivity index (χ1v) is 8.34. The van der Waals surface area contributed by atoms with Crippen LogP contribution in [0.4, 0.5) is 11.5 Å². The fourth-order valence-electron chi connectivity index (χ4n) is 2.61. The molecule has 3 N–H and O–H groups in total. The zero-order valence-corrected chi connectivity index (χ0v) is 15.1. The molecule has 4 heterocycles. The van der Waals surface area contributed by atoms with E-state index < -0.39 is 5.91 Å². The number of hydrogen-bond acceptors (Lipinski definition) is 9. The Labute approximate surface area is 158 Å². The molecule has 0 aromatic carbocycles. The van der Waals surface area contributed by atoms with Gasteiger partial charge in [0.25, 0.3) is 5.91 Å². The van der Waals surface area contributed by atoms with E-state index in [9.17, 15) is 4.79 Å². The highest BCUT2D eigenvalue weighted by Crippen LogP contribution is 2.25. The molecule has 0 aliphatic carbocycles. The molecule has 142 valence electrons. The number of carbonyl (C=O) groups excluding carboxylic acids is 1.